The number of amides is 1. The van der Waals surface area contributed by atoms with E-state index in [-0.39, 0.29) is 24.3 Å². The number of pyridine rings is 1. The summed E-state index contributed by atoms with van der Waals surface area (Å²) in [6.07, 6.45) is 4.81. The van der Waals surface area contributed by atoms with Crippen molar-refractivity contribution >= 4 is 11.9 Å². The first-order valence-corrected chi connectivity index (χ1v) is 5.95. The Labute approximate surface area is 106 Å². The van der Waals surface area contributed by atoms with Crippen LogP contribution in [0.3, 0.4) is 0 Å². The second kappa shape index (κ2) is 5.62. The van der Waals surface area contributed by atoms with Gasteiger partial charge in [-0.05, 0) is 24.0 Å². The zero-order chi connectivity index (χ0) is 13.0. The lowest BCUT2D eigenvalue weighted by atomic mass is 9.90. The topological polar surface area (TPSA) is 59.5 Å². The van der Waals surface area contributed by atoms with Crippen LogP contribution in [0.2, 0.25) is 0 Å². The number of piperidine rings is 1. The molecule has 0 radical (unpaired) electrons. The molecule has 1 atom stereocenters. The molecule has 1 aromatic rings. The molecule has 0 N–H and O–H groups in total. The summed E-state index contributed by atoms with van der Waals surface area (Å²) >= 11 is 0. The second-order valence-corrected chi connectivity index (χ2v) is 4.37. The molecule has 0 spiro atoms. The van der Waals surface area contributed by atoms with E-state index in [0.717, 1.165) is 12.0 Å². The molecule has 2 heterocycles. The normalized spacial score (nSPS) is 19.7. The Hall–Kier alpha value is -1.91. The first-order valence-electron chi connectivity index (χ1n) is 5.95. The molecule has 1 aliphatic rings. The average Bonchev–Trinajstić information content (AvgIpc) is 2.42. The lowest BCUT2D eigenvalue weighted by Gasteiger charge is -2.30. The molecule has 1 aliphatic heterocycles. The van der Waals surface area contributed by atoms with Gasteiger partial charge in [0, 0.05) is 25.4 Å². The highest BCUT2D eigenvalue weighted by Crippen LogP contribution is 2.27. The Kier molecular flexibility index (Phi) is 3.92. The van der Waals surface area contributed by atoms with E-state index >= 15 is 0 Å². The van der Waals surface area contributed by atoms with Crippen molar-refractivity contribution < 1.29 is 14.3 Å². The zero-order valence-electron chi connectivity index (χ0n) is 10.3. The fraction of sp³-hybridized carbons (Fsp3) is 0.462. The van der Waals surface area contributed by atoms with Crippen LogP contribution < -0.4 is 0 Å². The number of esters is 1. The molecule has 0 unspecified atom stereocenters. The Morgan fingerprint density at radius 2 is 2.44 bits per heavy atom. The van der Waals surface area contributed by atoms with Gasteiger partial charge in [-0.3, -0.25) is 14.6 Å². The lowest BCUT2D eigenvalue weighted by Crippen LogP contribution is -2.41. The van der Waals surface area contributed by atoms with Gasteiger partial charge in [-0.15, -0.1) is 0 Å². The van der Waals surface area contributed by atoms with Gasteiger partial charge in [0.25, 0.3) is 0 Å². The van der Waals surface area contributed by atoms with Crippen LogP contribution in [0.25, 0.3) is 0 Å². The monoisotopic (exact) mass is 248 g/mol. The SMILES string of the molecule is COC(=O)CN1CC[C@@H](c2cccnc2)CC1=O. The number of aromatic nitrogens is 1. The van der Waals surface area contributed by atoms with Crippen LogP contribution in [0, 0.1) is 0 Å². The molecule has 0 saturated carbocycles. The largest absolute Gasteiger partial charge is 0.468 e. The van der Waals surface area contributed by atoms with Crippen molar-refractivity contribution in [3.05, 3.63) is 30.1 Å². The van der Waals surface area contributed by atoms with E-state index in [1.54, 1.807) is 17.3 Å². The summed E-state index contributed by atoms with van der Waals surface area (Å²) in [7, 11) is 1.33. The van der Waals surface area contributed by atoms with Crippen LogP contribution in [0.1, 0.15) is 24.3 Å². The van der Waals surface area contributed by atoms with Gasteiger partial charge in [-0.1, -0.05) is 6.07 Å². The van der Waals surface area contributed by atoms with Crippen LogP contribution >= 0.6 is 0 Å². The Morgan fingerprint density at radius 3 is 3.06 bits per heavy atom. The number of carbonyl (C=O) groups is 2. The summed E-state index contributed by atoms with van der Waals surface area (Å²) in [5.74, 6) is -0.163. The minimum atomic E-state index is -0.372. The van der Waals surface area contributed by atoms with Crippen molar-refractivity contribution in [3.8, 4) is 0 Å². The van der Waals surface area contributed by atoms with Gasteiger partial charge in [-0.25, -0.2) is 0 Å². The zero-order valence-corrected chi connectivity index (χ0v) is 10.3. The van der Waals surface area contributed by atoms with E-state index < -0.39 is 0 Å². The summed E-state index contributed by atoms with van der Waals surface area (Å²) in [6, 6.07) is 3.86. The summed E-state index contributed by atoms with van der Waals surface area (Å²) in [5, 5.41) is 0. The first-order chi connectivity index (χ1) is 8.70. The molecular weight excluding hydrogens is 232 g/mol. The van der Waals surface area contributed by atoms with Gasteiger partial charge < -0.3 is 9.64 Å². The van der Waals surface area contributed by atoms with Gasteiger partial charge in [0.2, 0.25) is 5.91 Å². The molecule has 1 saturated heterocycles. The van der Waals surface area contributed by atoms with Gasteiger partial charge >= 0.3 is 5.97 Å². The highest BCUT2D eigenvalue weighted by molar-refractivity contribution is 5.83. The fourth-order valence-corrected chi connectivity index (χ4v) is 2.17. The van der Waals surface area contributed by atoms with Gasteiger partial charge in [0.1, 0.15) is 6.54 Å². The Morgan fingerprint density at radius 1 is 1.61 bits per heavy atom. The van der Waals surface area contributed by atoms with Crippen molar-refractivity contribution in [3.63, 3.8) is 0 Å². The number of nitrogens with zero attached hydrogens (tertiary/aromatic N) is 2. The highest BCUT2D eigenvalue weighted by atomic mass is 16.5. The molecule has 5 heteroatoms. The summed E-state index contributed by atoms with van der Waals surface area (Å²) in [6.45, 7) is 0.641. The average molecular weight is 248 g/mol. The third-order valence-electron chi connectivity index (χ3n) is 3.22. The number of methoxy groups -OCH3 is 1. The van der Waals surface area contributed by atoms with Crippen LogP contribution in [0.4, 0.5) is 0 Å². The number of rotatable bonds is 3. The fourth-order valence-electron chi connectivity index (χ4n) is 2.17. The standard InChI is InChI=1S/C13H16N2O3/c1-18-13(17)9-15-6-4-10(7-12(15)16)11-3-2-5-14-8-11/h2-3,5,8,10H,4,6-7,9H2,1H3/t10-/m1/s1. The summed E-state index contributed by atoms with van der Waals surface area (Å²) in [5.41, 5.74) is 1.09. The first kappa shape index (κ1) is 12.5. The van der Waals surface area contributed by atoms with E-state index in [0.29, 0.717) is 13.0 Å². The minimum Gasteiger partial charge on any atom is -0.468 e. The predicted molar refractivity (Wildman–Crippen MR) is 64.8 cm³/mol. The molecular formula is C13H16N2O3. The molecule has 1 aromatic heterocycles. The number of likely N-dealkylation sites (tertiary alicyclic amines) is 1. The van der Waals surface area contributed by atoms with E-state index in [4.69, 9.17) is 0 Å². The molecule has 5 nitrogen and oxygen atoms in total. The van der Waals surface area contributed by atoms with Crippen LogP contribution in [-0.4, -0.2) is 42.0 Å². The van der Waals surface area contributed by atoms with Crippen molar-refractivity contribution in [2.24, 2.45) is 0 Å². The smallest absolute Gasteiger partial charge is 0.325 e. The molecule has 18 heavy (non-hydrogen) atoms. The van der Waals surface area contributed by atoms with Crippen LogP contribution in [-0.2, 0) is 14.3 Å². The molecule has 1 fully saturated rings. The number of carbonyl (C=O) groups excluding carboxylic acids is 2. The maximum absolute atomic E-state index is 11.9. The Bertz CT molecular complexity index is 433. The predicted octanol–water partition coefficient (Wildman–Crippen LogP) is 0.961. The van der Waals surface area contributed by atoms with Crippen molar-refractivity contribution in [2.75, 3.05) is 20.2 Å². The van der Waals surface area contributed by atoms with Crippen LogP contribution in [0.15, 0.2) is 24.5 Å². The van der Waals surface area contributed by atoms with Gasteiger partial charge in [0.05, 0.1) is 7.11 Å². The highest BCUT2D eigenvalue weighted by Gasteiger charge is 2.28. The van der Waals surface area contributed by atoms with E-state index in [1.807, 2.05) is 12.1 Å². The summed E-state index contributed by atoms with van der Waals surface area (Å²) < 4.78 is 4.57. The van der Waals surface area contributed by atoms with E-state index in [2.05, 4.69) is 9.72 Å². The van der Waals surface area contributed by atoms with E-state index in [9.17, 15) is 9.59 Å². The van der Waals surface area contributed by atoms with Gasteiger partial charge in [0.15, 0.2) is 0 Å². The van der Waals surface area contributed by atoms with Crippen molar-refractivity contribution in [1.29, 1.82) is 0 Å². The lowest BCUT2D eigenvalue weighted by molar-refractivity contribution is -0.148. The number of ether oxygens (including phenoxy) is 1. The molecule has 2 rings (SSSR count). The third kappa shape index (κ3) is 2.85. The van der Waals surface area contributed by atoms with Crippen molar-refractivity contribution in [2.45, 2.75) is 18.8 Å². The number of hydrogen-bond acceptors (Lipinski definition) is 4. The van der Waals surface area contributed by atoms with E-state index in [1.165, 1.54) is 7.11 Å². The summed E-state index contributed by atoms with van der Waals surface area (Å²) in [4.78, 5) is 28.7. The number of hydrogen-bond donors (Lipinski definition) is 0. The quantitative estimate of drug-likeness (QED) is 0.748. The second-order valence-electron chi connectivity index (χ2n) is 4.37. The van der Waals surface area contributed by atoms with Crippen molar-refractivity contribution in [1.82, 2.24) is 9.88 Å². The maximum atomic E-state index is 11.9. The molecule has 0 aromatic carbocycles. The molecule has 0 bridgehead atoms. The third-order valence-corrected chi connectivity index (χ3v) is 3.22. The van der Waals surface area contributed by atoms with Crippen LogP contribution in [0.5, 0.6) is 0 Å². The maximum Gasteiger partial charge on any atom is 0.325 e. The molecule has 96 valence electrons. The Balaban J connectivity index is 1.96. The molecule has 1 amide bonds. The molecule has 0 aliphatic carbocycles. The minimum absolute atomic E-state index is 0.000466. The van der Waals surface area contributed by atoms with Gasteiger partial charge in [-0.2, -0.15) is 0 Å².